The zero-order chi connectivity index (χ0) is 27.9. The highest BCUT2D eigenvalue weighted by molar-refractivity contribution is 7.38. The summed E-state index contributed by atoms with van der Waals surface area (Å²) in [5, 5.41) is 0.491. The van der Waals surface area contributed by atoms with Crippen molar-refractivity contribution in [1.82, 2.24) is 9.97 Å². The van der Waals surface area contributed by atoms with Crippen molar-refractivity contribution in [3.63, 3.8) is 0 Å². The second kappa shape index (κ2) is 11.0. The molecule has 1 aliphatic carbocycles. The van der Waals surface area contributed by atoms with Gasteiger partial charge in [0.2, 0.25) is 5.91 Å². The lowest BCUT2D eigenvalue weighted by molar-refractivity contribution is -0.129. The van der Waals surface area contributed by atoms with Gasteiger partial charge in [-0.3, -0.25) is 19.5 Å². The molecule has 0 spiro atoms. The summed E-state index contributed by atoms with van der Waals surface area (Å²) in [6.45, 7) is 5.79. The minimum Gasteiger partial charge on any atom is -0.381 e. The Morgan fingerprint density at radius 2 is 1.97 bits per heavy atom. The van der Waals surface area contributed by atoms with Crippen molar-refractivity contribution < 1.29 is 23.1 Å². The fourth-order valence-corrected chi connectivity index (χ4v) is 5.73. The zero-order valence-electron chi connectivity index (χ0n) is 21.7. The van der Waals surface area contributed by atoms with Crippen LogP contribution in [-0.2, 0) is 14.7 Å². The molecule has 2 aliphatic rings. The van der Waals surface area contributed by atoms with Crippen molar-refractivity contribution in [3.8, 4) is 11.1 Å². The molecule has 5 rings (SSSR count). The van der Waals surface area contributed by atoms with Crippen LogP contribution in [0.25, 0.3) is 11.1 Å². The summed E-state index contributed by atoms with van der Waals surface area (Å²) < 4.78 is 34.6. The number of fused-ring (bicyclic) bond motifs is 1. The SMILES string of the molecule is CCN(C(=O)C1C[C@@H]2COC[C@H]12)c1ccc(-c2cc(NC(=O)c3ccnc(C(F)(P)P)c3F)ccc2C)cn1. The van der Waals surface area contributed by atoms with Gasteiger partial charge in [-0.1, -0.05) is 24.5 Å². The Morgan fingerprint density at radius 1 is 1.18 bits per heavy atom. The van der Waals surface area contributed by atoms with Gasteiger partial charge in [0.05, 0.1) is 12.2 Å². The smallest absolute Gasteiger partial charge is 0.258 e. The van der Waals surface area contributed by atoms with Crippen LogP contribution in [-0.4, -0.2) is 41.5 Å². The molecule has 1 saturated carbocycles. The quantitative estimate of drug-likeness (QED) is 0.390. The van der Waals surface area contributed by atoms with E-state index in [1.807, 2.05) is 50.5 Å². The molecule has 0 radical (unpaired) electrons. The third-order valence-electron chi connectivity index (χ3n) is 7.55. The van der Waals surface area contributed by atoms with Gasteiger partial charge in [0, 0.05) is 42.7 Å². The standard InChI is InChI=1S/C28H30F2N4O3P2/c1-3-34(27(36)21-10-17-13-37-14-22(17)21)23-7-5-16(12-32-23)20-11-18(6-4-15(20)2)33-26(35)19-8-9-31-25(24(19)29)28(30,38)39/h4-9,11-12,17,21-22H,3,10,13-14,38-39H2,1-2H3,(H,33,35)/t17-,21?,22+/m1/s1. The molecule has 2 amide bonds. The van der Waals surface area contributed by atoms with Gasteiger partial charge in [0.1, 0.15) is 11.5 Å². The summed E-state index contributed by atoms with van der Waals surface area (Å²) in [6.07, 6.45) is 3.76. The Kier molecular flexibility index (Phi) is 7.78. The summed E-state index contributed by atoms with van der Waals surface area (Å²) in [7, 11) is 3.69. The van der Waals surface area contributed by atoms with Crippen LogP contribution >= 0.6 is 18.5 Å². The number of halogens is 2. The van der Waals surface area contributed by atoms with Crippen LogP contribution in [0.2, 0.25) is 0 Å². The molecule has 7 nitrogen and oxygen atoms in total. The van der Waals surface area contributed by atoms with E-state index in [0.717, 1.165) is 29.7 Å². The maximum Gasteiger partial charge on any atom is 0.258 e. The fourth-order valence-electron chi connectivity index (χ4n) is 5.32. The van der Waals surface area contributed by atoms with E-state index in [0.29, 0.717) is 36.5 Å². The van der Waals surface area contributed by atoms with Crippen molar-refractivity contribution in [2.75, 3.05) is 30.0 Å². The predicted molar refractivity (Wildman–Crippen MR) is 153 cm³/mol. The number of pyridine rings is 2. The molecule has 5 atom stereocenters. The van der Waals surface area contributed by atoms with Crippen LogP contribution in [0.4, 0.5) is 20.3 Å². The van der Waals surface area contributed by atoms with Crippen LogP contribution in [0.5, 0.6) is 0 Å². The molecule has 3 heterocycles. The molecular formula is C28H30F2N4O3P2. The molecule has 11 heteroatoms. The van der Waals surface area contributed by atoms with Gasteiger partial charge in [-0.2, -0.15) is 0 Å². The second-order valence-corrected chi connectivity index (χ2v) is 12.4. The van der Waals surface area contributed by atoms with E-state index in [2.05, 4.69) is 15.3 Å². The Morgan fingerprint density at radius 3 is 2.64 bits per heavy atom. The number of carbonyl (C=O) groups excluding carboxylic acids is 2. The van der Waals surface area contributed by atoms with Gasteiger partial charge in [-0.25, -0.2) is 13.8 Å². The Bertz CT molecular complexity index is 1410. The largest absolute Gasteiger partial charge is 0.381 e. The average molecular weight is 571 g/mol. The number of ether oxygens (including phenoxy) is 1. The van der Waals surface area contributed by atoms with Crippen LogP contribution in [0.1, 0.15) is 35.0 Å². The Hall–Kier alpha value is -2.86. The number of anilines is 2. The number of alkyl halides is 1. The van der Waals surface area contributed by atoms with Gasteiger partial charge in [-0.05, 0) is 73.6 Å². The van der Waals surface area contributed by atoms with E-state index in [4.69, 9.17) is 4.74 Å². The number of aryl methyl sites for hydroxylation is 1. The van der Waals surface area contributed by atoms with E-state index in [-0.39, 0.29) is 17.4 Å². The summed E-state index contributed by atoms with van der Waals surface area (Å²) in [4.78, 5) is 36.1. The van der Waals surface area contributed by atoms with E-state index < -0.39 is 22.6 Å². The van der Waals surface area contributed by atoms with Gasteiger partial charge in [-0.15, -0.1) is 0 Å². The molecule has 3 aromatic rings. The van der Waals surface area contributed by atoms with Crippen LogP contribution < -0.4 is 10.2 Å². The number of carbonyl (C=O) groups is 2. The first-order chi connectivity index (χ1) is 18.6. The number of aromatic nitrogens is 2. The van der Waals surface area contributed by atoms with Crippen molar-refractivity contribution >= 4 is 41.8 Å². The van der Waals surface area contributed by atoms with Gasteiger partial charge >= 0.3 is 0 Å². The minimum atomic E-state index is -2.19. The van der Waals surface area contributed by atoms with Gasteiger partial charge < -0.3 is 10.1 Å². The molecule has 1 aliphatic heterocycles. The third-order valence-corrected chi connectivity index (χ3v) is 8.10. The summed E-state index contributed by atoms with van der Waals surface area (Å²) >= 11 is 0. The average Bonchev–Trinajstić information content (AvgIpc) is 3.25. The van der Waals surface area contributed by atoms with E-state index >= 15 is 0 Å². The maximum atomic E-state index is 14.8. The van der Waals surface area contributed by atoms with Crippen LogP contribution in [0.3, 0.4) is 0 Å². The molecule has 1 N–H and O–H groups in total. The first-order valence-electron chi connectivity index (χ1n) is 12.8. The van der Waals surface area contributed by atoms with Crippen molar-refractivity contribution in [1.29, 1.82) is 0 Å². The number of hydrogen-bond acceptors (Lipinski definition) is 5. The van der Waals surface area contributed by atoms with Crippen molar-refractivity contribution in [2.24, 2.45) is 17.8 Å². The number of nitrogens with zero attached hydrogens (tertiary/aromatic N) is 3. The highest BCUT2D eigenvalue weighted by Gasteiger charge is 2.49. The number of rotatable bonds is 7. The molecule has 204 valence electrons. The van der Waals surface area contributed by atoms with Crippen molar-refractivity contribution in [3.05, 3.63) is 71.4 Å². The maximum absolute atomic E-state index is 14.8. The first kappa shape index (κ1) is 27.7. The minimum absolute atomic E-state index is 0.0174. The number of nitrogens with one attached hydrogen (secondary N) is 1. The Labute approximate surface area is 230 Å². The zero-order valence-corrected chi connectivity index (χ0v) is 24.0. The lowest BCUT2D eigenvalue weighted by Crippen LogP contribution is -2.48. The summed E-state index contributed by atoms with van der Waals surface area (Å²) in [5.74, 6) is -0.285. The highest BCUT2D eigenvalue weighted by atomic mass is 31.1. The molecule has 39 heavy (non-hydrogen) atoms. The number of hydrogen-bond donors (Lipinski definition) is 1. The van der Waals surface area contributed by atoms with Crippen LogP contribution in [0, 0.1) is 30.5 Å². The van der Waals surface area contributed by atoms with E-state index in [1.165, 1.54) is 12.3 Å². The molecule has 2 fully saturated rings. The van der Waals surface area contributed by atoms with Crippen LogP contribution in [0.15, 0.2) is 48.8 Å². The van der Waals surface area contributed by atoms with E-state index in [1.54, 1.807) is 23.2 Å². The van der Waals surface area contributed by atoms with Gasteiger partial charge in [0.15, 0.2) is 11.0 Å². The molecule has 3 unspecified atom stereocenters. The van der Waals surface area contributed by atoms with E-state index in [9.17, 15) is 18.4 Å². The first-order valence-corrected chi connectivity index (χ1v) is 13.9. The molecule has 1 aromatic carbocycles. The van der Waals surface area contributed by atoms with Crippen molar-refractivity contribution in [2.45, 2.75) is 25.4 Å². The third kappa shape index (κ3) is 5.45. The predicted octanol–water partition coefficient (Wildman–Crippen LogP) is 5.31. The molecule has 1 saturated heterocycles. The lowest BCUT2D eigenvalue weighted by Gasteiger charge is -2.40. The van der Waals surface area contributed by atoms with Gasteiger partial charge in [0.25, 0.3) is 5.91 Å². The molecule has 0 bridgehead atoms. The molecular weight excluding hydrogens is 540 g/mol. The lowest BCUT2D eigenvalue weighted by atomic mass is 9.66. The molecule has 2 aromatic heterocycles. The normalized spacial score (nSPS) is 20.2. The summed E-state index contributed by atoms with van der Waals surface area (Å²) in [6, 6.07) is 10.2. The summed E-state index contributed by atoms with van der Waals surface area (Å²) in [5.41, 5.74) is 2.20. The Balaban J connectivity index is 1.34. The number of amides is 2. The monoisotopic (exact) mass is 570 g/mol. The highest BCUT2D eigenvalue weighted by Crippen LogP contribution is 2.46. The number of benzene rings is 1. The second-order valence-electron chi connectivity index (χ2n) is 10.1. The topological polar surface area (TPSA) is 84.4 Å². The fraction of sp³-hybridized carbons (Fsp3) is 0.357.